The number of aliphatic hydroxyl groups is 1. The van der Waals surface area contributed by atoms with Gasteiger partial charge in [-0.3, -0.25) is 4.79 Å². The van der Waals surface area contributed by atoms with Crippen molar-refractivity contribution in [3.63, 3.8) is 0 Å². The standard InChI is InChI=1S/C17H20ClN3O3S/c1-25-10-12(6-8-22)20-17(24)21-14-5-4-11(18)9-13(14)16(23)15-3-2-7-19-15/h2-5,7,9,12,19,22H,6,8,10H2,1H3,(H2,20,21,24)/t12-/m1/s1. The third kappa shape index (κ3) is 5.52. The summed E-state index contributed by atoms with van der Waals surface area (Å²) in [7, 11) is 0. The topological polar surface area (TPSA) is 94.2 Å². The van der Waals surface area contributed by atoms with Gasteiger partial charge in [-0.2, -0.15) is 11.8 Å². The van der Waals surface area contributed by atoms with E-state index in [0.29, 0.717) is 34.1 Å². The van der Waals surface area contributed by atoms with E-state index in [-0.39, 0.29) is 18.4 Å². The molecule has 2 aromatic rings. The van der Waals surface area contributed by atoms with Crippen molar-refractivity contribution in [3.05, 3.63) is 52.8 Å². The monoisotopic (exact) mass is 381 g/mol. The Hall–Kier alpha value is -1.96. The summed E-state index contributed by atoms with van der Waals surface area (Å²) < 4.78 is 0. The molecule has 0 bridgehead atoms. The number of H-pyrrole nitrogens is 1. The fourth-order valence-electron chi connectivity index (χ4n) is 2.33. The number of thioether (sulfide) groups is 1. The third-order valence-electron chi connectivity index (χ3n) is 3.50. The second-order valence-corrected chi connectivity index (χ2v) is 6.71. The van der Waals surface area contributed by atoms with Crippen LogP contribution in [0.15, 0.2) is 36.5 Å². The molecule has 1 atom stereocenters. The van der Waals surface area contributed by atoms with Crippen LogP contribution in [0, 0.1) is 0 Å². The second-order valence-electron chi connectivity index (χ2n) is 5.37. The molecule has 0 saturated carbocycles. The van der Waals surface area contributed by atoms with Gasteiger partial charge in [-0.05, 0) is 43.0 Å². The maximum absolute atomic E-state index is 12.6. The number of urea groups is 1. The molecule has 0 unspecified atom stereocenters. The average Bonchev–Trinajstić information content (AvgIpc) is 3.11. The van der Waals surface area contributed by atoms with Crippen molar-refractivity contribution < 1.29 is 14.7 Å². The van der Waals surface area contributed by atoms with Crippen LogP contribution in [0.25, 0.3) is 0 Å². The first-order valence-corrected chi connectivity index (χ1v) is 9.47. The number of carbonyl (C=O) groups excluding carboxylic acids is 2. The first-order chi connectivity index (χ1) is 12.0. The minimum Gasteiger partial charge on any atom is -0.396 e. The zero-order valence-corrected chi connectivity index (χ0v) is 15.3. The van der Waals surface area contributed by atoms with Crippen molar-refractivity contribution in [2.45, 2.75) is 12.5 Å². The molecule has 134 valence electrons. The van der Waals surface area contributed by atoms with Crippen LogP contribution >= 0.6 is 23.4 Å². The molecule has 0 radical (unpaired) electrons. The molecule has 0 aliphatic carbocycles. The lowest BCUT2D eigenvalue weighted by Gasteiger charge is -2.18. The molecule has 0 spiro atoms. The zero-order valence-electron chi connectivity index (χ0n) is 13.7. The van der Waals surface area contributed by atoms with Gasteiger partial charge in [0.25, 0.3) is 0 Å². The lowest BCUT2D eigenvalue weighted by Crippen LogP contribution is -2.40. The number of hydrogen-bond donors (Lipinski definition) is 4. The number of aromatic nitrogens is 1. The summed E-state index contributed by atoms with van der Waals surface area (Å²) in [5.41, 5.74) is 1.08. The van der Waals surface area contributed by atoms with E-state index in [1.807, 2.05) is 6.26 Å². The van der Waals surface area contributed by atoms with Crippen LogP contribution < -0.4 is 10.6 Å². The highest BCUT2D eigenvalue weighted by Gasteiger charge is 2.18. The van der Waals surface area contributed by atoms with E-state index in [9.17, 15) is 9.59 Å². The van der Waals surface area contributed by atoms with E-state index in [1.165, 1.54) is 6.07 Å². The molecular weight excluding hydrogens is 362 g/mol. The molecular formula is C17H20ClN3O3S. The van der Waals surface area contributed by atoms with Crippen molar-refractivity contribution in [1.82, 2.24) is 10.3 Å². The zero-order chi connectivity index (χ0) is 18.2. The second kappa shape index (κ2) is 9.50. The predicted molar refractivity (Wildman–Crippen MR) is 102 cm³/mol. The first-order valence-electron chi connectivity index (χ1n) is 7.70. The van der Waals surface area contributed by atoms with Crippen molar-refractivity contribution in [2.75, 3.05) is 23.9 Å². The van der Waals surface area contributed by atoms with Crippen LogP contribution in [0.3, 0.4) is 0 Å². The van der Waals surface area contributed by atoms with E-state index in [2.05, 4.69) is 15.6 Å². The van der Waals surface area contributed by atoms with Gasteiger partial charge in [-0.15, -0.1) is 0 Å². The highest BCUT2D eigenvalue weighted by Crippen LogP contribution is 2.23. The van der Waals surface area contributed by atoms with Crippen LogP contribution in [-0.2, 0) is 0 Å². The largest absolute Gasteiger partial charge is 0.396 e. The van der Waals surface area contributed by atoms with E-state index in [1.54, 1.807) is 42.2 Å². The van der Waals surface area contributed by atoms with Crippen molar-refractivity contribution in [2.24, 2.45) is 0 Å². The Morgan fingerprint density at radius 3 is 2.80 bits per heavy atom. The highest BCUT2D eigenvalue weighted by atomic mass is 35.5. The normalized spacial score (nSPS) is 11.8. The molecule has 0 saturated heterocycles. The maximum atomic E-state index is 12.6. The fraction of sp³-hybridized carbons (Fsp3) is 0.294. The maximum Gasteiger partial charge on any atom is 0.319 e. The van der Waals surface area contributed by atoms with Gasteiger partial charge in [0.15, 0.2) is 0 Å². The van der Waals surface area contributed by atoms with Gasteiger partial charge in [0.2, 0.25) is 5.78 Å². The van der Waals surface area contributed by atoms with Gasteiger partial charge < -0.3 is 20.7 Å². The van der Waals surface area contributed by atoms with E-state index in [0.717, 1.165) is 0 Å². The number of rotatable bonds is 8. The van der Waals surface area contributed by atoms with Gasteiger partial charge in [-0.25, -0.2) is 4.79 Å². The Morgan fingerprint density at radius 1 is 1.36 bits per heavy atom. The summed E-state index contributed by atoms with van der Waals surface area (Å²) in [6.45, 7) is -0.0109. The Morgan fingerprint density at radius 2 is 2.16 bits per heavy atom. The minimum absolute atomic E-state index is 0.0109. The van der Waals surface area contributed by atoms with Crippen molar-refractivity contribution in [3.8, 4) is 0 Å². The molecule has 8 heteroatoms. The number of ketones is 1. The van der Waals surface area contributed by atoms with E-state index < -0.39 is 6.03 Å². The van der Waals surface area contributed by atoms with Crippen LogP contribution in [-0.4, -0.2) is 46.6 Å². The SMILES string of the molecule is CSC[C@@H](CCO)NC(=O)Nc1ccc(Cl)cc1C(=O)c1ccc[nH]1. The van der Waals surface area contributed by atoms with Gasteiger partial charge in [-0.1, -0.05) is 11.6 Å². The Bertz CT molecular complexity index is 716. The quantitative estimate of drug-likeness (QED) is 0.528. The minimum atomic E-state index is -0.435. The third-order valence-corrected chi connectivity index (χ3v) is 4.47. The summed E-state index contributed by atoms with van der Waals surface area (Å²) in [5.74, 6) is 0.418. The highest BCUT2D eigenvalue weighted by molar-refractivity contribution is 7.98. The molecule has 25 heavy (non-hydrogen) atoms. The summed E-state index contributed by atoms with van der Waals surface area (Å²) in [6, 6.07) is 7.50. The van der Waals surface area contributed by atoms with Crippen LogP contribution in [0.1, 0.15) is 22.5 Å². The molecule has 1 aromatic heterocycles. The Labute approximate surface area is 155 Å². The van der Waals surface area contributed by atoms with Crippen molar-refractivity contribution in [1.29, 1.82) is 0 Å². The summed E-state index contributed by atoms with van der Waals surface area (Å²) in [5, 5.41) is 15.0. The first kappa shape index (κ1) is 19.4. The number of aromatic amines is 1. The predicted octanol–water partition coefficient (Wildman–Crippen LogP) is 3.13. The van der Waals surface area contributed by atoms with E-state index >= 15 is 0 Å². The lowest BCUT2D eigenvalue weighted by atomic mass is 10.1. The van der Waals surface area contributed by atoms with Gasteiger partial charge in [0.1, 0.15) is 0 Å². The molecule has 4 N–H and O–H groups in total. The molecule has 2 rings (SSSR count). The summed E-state index contributed by atoms with van der Waals surface area (Å²) in [6.07, 6.45) is 4.04. The van der Waals surface area contributed by atoms with Gasteiger partial charge >= 0.3 is 6.03 Å². The number of carbonyl (C=O) groups is 2. The average molecular weight is 382 g/mol. The number of anilines is 1. The molecule has 0 aliphatic heterocycles. The number of benzene rings is 1. The molecule has 6 nitrogen and oxygen atoms in total. The van der Waals surface area contributed by atoms with Gasteiger partial charge in [0, 0.05) is 35.2 Å². The molecule has 1 aromatic carbocycles. The fourth-order valence-corrected chi connectivity index (χ4v) is 3.15. The van der Waals surface area contributed by atoms with Crippen LogP contribution in [0.4, 0.5) is 10.5 Å². The number of halogens is 1. The smallest absolute Gasteiger partial charge is 0.319 e. The Kier molecular flexibility index (Phi) is 7.36. The van der Waals surface area contributed by atoms with Crippen LogP contribution in [0.2, 0.25) is 5.02 Å². The molecule has 0 fully saturated rings. The Balaban J connectivity index is 2.16. The number of hydrogen-bond acceptors (Lipinski definition) is 4. The van der Waals surface area contributed by atoms with Crippen molar-refractivity contribution >= 4 is 40.9 Å². The number of amides is 2. The molecule has 1 heterocycles. The molecule has 2 amide bonds. The summed E-state index contributed by atoms with van der Waals surface area (Å²) >= 11 is 7.58. The number of nitrogens with one attached hydrogen (secondary N) is 3. The number of aliphatic hydroxyl groups excluding tert-OH is 1. The van der Waals surface area contributed by atoms with Crippen LogP contribution in [0.5, 0.6) is 0 Å². The lowest BCUT2D eigenvalue weighted by molar-refractivity contribution is 0.103. The van der Waals surface area contributed by atoms with E-state index in [4.69, 9.17) is 16.7 Å². The van der Waals surface area contributed by atoms with Gasteiger partial charge in [0.05, 0.1) is 11.4 Å². The summed E-state index contributed by atoms with van der Waals surface area (Å²) in [4.78, 5) is 27.7. The molecule has 0 aliphatic rings.